The molecule has 2 amide bonds. The average Bonchev–Trinajstić information content (AvgIpc) is 2.98. The largest absolute Gasteiger partial charge is 0.496 e. The van der Waals surface area contributed by atoms with E-state index in [1.54, 1.807) is 24.4 Å². The summed E-state index contributed by atoms with van der Waals surface area (Å²) in [7, 11) is 1.48. The van der Waals surface area contributed by atoms with Gasteiger partial charge in [-0.3, -0.25) is 9.59 Å². The molecule has 3 N–H and O–H groups in total. The predicted molar refractivity (Wildman–Crippen MR) is 92.6 cm³/mol. The highest BCUT2D eigenvalue weighted by Gasteiger charge is 2.31. The molecule has 1 fully saturated rings. The molecule has 0 radical (unpaired) electrons. The highest BCUT2D eigenvalue weighted by molar-refractivity contribution is 6.01. The number of nitrogens with zero attached hydrogens (tertiary/aromatic N) is 1. The summed E-state index contributed by atoms with van der Waals surface area (Å²) in [4.78, 5) is 27.4. The Labute approximate surface area is 145 Å². The van der Waals surface area contributed by atoms with E-state index in [9.17, 15) is 9.59 Å². The van der Waals surface area contributed by atoms with Gasteiger partial charge in [0.05, 0.1) is 18.7 Å². The van der Waals surface area contributed by atoms with Crippen LogP contribution < -0.4 is 20.5 Å². The van der Waals surface area contributed by atoms with Crippen molar-refractivity contribution >= 4 is 22.6 Å². The average molecular weight is 343 g/mol. The Morgan fingerprint density at radius 1 is 1.44 bits per heavy atom. The third-order valence-electron chi connectivity index (χ3n) is 4.60. The molecule has 2 aromatic rings. The fourth-order valence-corrected chi connectivity index (χ4v) is 3.19. The topological polar surface area (TPSA) is 104 Å². The summed E-state index contributed by atoms with van der Waals surface area (Å²) in [5.74, 6) is 0.566. The maximum absolute atomic E-state index is 11.6. The minimum Gasteiger partial charge on any atom is -0.496 e. The van der Waals surface area contributed by atoms with Crippen molar-refractivity contribution in [1.29, 1.82) is 0 Å². The molecule has 0 saturated carbocycles. The number of primary amides is 1. The molecule has 1 aromatic heterocycles. The molecular formula is C18H21N3O4. The first-order valence-electron chi connectivity index (χ1n) is 8.22. The van der Waals surface area contributed by atoms with Gasteiger partial charge in [-0.15, -0.1) is 0 Å². The monoisotopic (exact) mass is 343 g/mol. The van der Waals surface area contributed by atoms with Crippen LogP contribution in [0.4, 0.5) is 0 Å². The van der Waals surface area contributed by atoms with Gasteiger partial charge in [0.1, 0.15) is 12.4 Å². The van der Waals surface area contributed by atoms with Crippen LogP contribution in [0, 0.1) is 5.92 Å². The van der Waals surface area contributed by atoms with Gasteiger partial charge in [0, 0.05) is 18.0 Å². The molecule has 0 spiro atoms. The first kappa shape index (κ1) is 17.0. The van der Waals surface area contributed by atoms with Crippen LogP contribution in [0.25, 0.3) is 10.8 Å². The predicted octanol–water partition coefficient (Wildman–Crippen LogP) is 1.64. The van der Waals surface area contributed by atoms with E-state index in [0.29, 0.717) is 30.2 Å². The fourth-order valence-electron chi connectivity index (χ4n) is 3.19. The van der Waals surface area contributed by atoms with E-state index in [2.05, 4.69) is 17.2 Å². The summed E-state index contributed by atoms with van der Waals surface area (Å²) in [6, 6.07) is 5.11. The number of carbonyl (C=O) groups is 2. The van der Waals surface area contributed by atoms with E-state index in [1.807, 2.05) is 0 Å². The summed E-state index contributed by atoms with van der Waals surface area (Å²) in [6.07, 6.45) is 3.05. The third kappa shape index (κ3) is 3.35. The van der Waals surface area contributed by atoms with Crippen molar-refractivity contribution in [3.8, 4) is 11.6 Å². The SMILES string of the molecule is CCC1CC(=O)N[C@@H]1COc1nccc2cc(C(N)=O)c(OC)cc12. The van der Waals surface area contributed by atoms with Gasteiger partial charge in [0.2, 0.25) is 11.8 Å². The number of fused-ring (bicyclic) bond motifs is 1. The van der Waals surface area contributed by atoms with Crippen LogP contribution in [-0.4, -0.2) is 36.6 Å². The quantitative estimate of drug-likeness (QED) is 0.830. The van der Waals surface area contributed by atoms with Crippen LogP contribution in [0.5, 0.6) is 11.6 Å². The van der Waals surface area contributed by atoms with Gasteiger partial charge in [-0.2, -0.15) is 0 Å². The van der Waals surface area contributed by atoms with E-state index in [-0.39, 0.29) is 17.9 Å². The molecule has 0 aliphatic carbocycles. The summed E-state index contributed by atoms with van der Waals surface area (Å²) in [6.45, 7) is 2.40. The van der Waals surface area contributed by atoms with Gasteiger partial charge >= 0.3 is 0 Å². The number of ether oxygens (including phenoxy) is 2. The lowest BCUT2D eigenvalue weighted by atomic mass is 9.98. The van der Waals surface area contributed by atoms with Gasteiger partial charge in [-0.1, -0.05) is 13.3 Å². The van der Waals surface area contributed by atoms with Gasteiger partial charge in [0.25, 0.3) is 5.91 Å². The summed E-state index contributed by atoms with van der Waals surface area (Å²) in [5, 5.41) is 4.45. The first-order valence-corrected chi connectivity index (χ1v) is 8.22. The molecule has 7 heteroatoms. The Hall–Kier alpha value is -2.83. The third-order valence-corrected chi connectivity index (χ3v) is 4.60. The molecule has 1 aromatic carbocycles. The Kier molecular flexibility index (Phi) is 4.74. The molecule has 1 aliphatic heterocycles. The van der Waals surface area contributed by atoms with Crippen molar-refractivity contribution in [3.05, 3.63) is 30.0 Å². The summed E-state index contributed by atoms with van der Waals surface area (Å²) in [5.41, 5.74) is 5.70. The number of nitrogens with one attached hydrogen (secondary N) is 1. The number of rotatable bonds is 6. The number of carbonyl (C=O) groups excluding carboxylic acids is 2. The molecule has 2 atom stereocenters. The van der Waals surface area contributed by atoms with Gasteiger partial charge in [0.15, 0.2) is 0 Å². The Morgan fingerprint density at radius 2 is 2.24 bits per heavy atom. The number of amides is 2. The van der Waals surface area contributed by atoms with E-state index >= 15 is 0 Å². The smallest absolute Gasteiger partial charge is 0.252 e. The van der Waals surface area contributed by atoms with Crippen LogP contribution in [0.15, 0.2) is 24.4 Å². The summed E-state index contributed by atoms with van der Waals surface area (Å²) >= 11 is 0. The molecule has 132 valence electrons. The number of benzene rings is 1. The second-order valence-corrected chi connectivity index (χ2v) is 6.11. The minimum atomic E-state index is -0.558. The Bertz CT molecular complexity index is 821. The zero-order valence-corrected chi connectivity index (χ0v) is 14.2. The van der Waals surface area contributed by atoms with E-state index < -0.39 is 5.91 Å². The summed E-state index contributed by atoms with van der Waals surface area (Å²) < 4.78 is 11.1. The molecule has 1 saturated heterocycles. The van der Waals surface area contributed by atoms with Crippen LogP contribution >= 0.6 is 0 Å². The lowest BCUT2D eigenvalue weighted by molar-refractivity contribution is -0.119. The zero-order chi connectivity index (χ0) is 18.0. The second kappa shape index (κ2) is 6.96. The van der Waals surface area contributed by atoms with Gasteiger partial charge in [-0.25, -0.2) is 4.98 Å². The van der Waals surface area contributed by atoms with Crippen LogP contribution in [-0.2, 0) is 4.79 Å². The number of hydrogen-bond donors (Lipinski definition) is 2. The Morgan fingerprint density at radius 3 is 2.92 bits per heavy atom. The van der Waals surface area contributed by atoms with Crippen molar-refractivity contribution in [1.82, 2.24) is 10.3 Å². The minimum absolute atomic E-state index is 0.0265. The van der Waals surface area contributed by atoms with Crippen molar-refractivity contribution in [3.63, 3.8) is 0 Å². The number of nitrogens with two attached hydrogens (primary N) is 1. The highest BCUT2D eigenvalue weighted by atomic mass is 16.5. The molecular weight excluding hydrogens is 322 g/mol. The lowest BCUT2D eigenvalue weighted by Gasteiger charge is -2.18. The maximum atomic E-state index is 11.6. The number of aromatic nitrogens is 1. The van der Waals surface area contributed by atoms with Crippen molar-refractivity contribution < 1.29 is 19.1 Å². The molecule has 1 unspecified atom stereocenters. The molecule has 7 nitrogen and oxygen atoms in total. The standard InChI is InChI=1S/C18H21N3O4/c1-3-10-7-16(22)21-14(10)9-25-18-12-8-15(24-2)13(17(19)23)6-11(12)4-5-20-18/h4-6,8,10,14H,3,7,9H2,1-2H3,(H2,19,23)(H,21,22)/t10?,14-/m1/s1. The van der Waals surface area contributed by atoms with Gasteiger partial charge in [-0.05, 0) is 29.5 Å². The second-order valence-electron chi connectivity index (χ2n) is 6.11. The van der Waals surface area contributed by atoms with Crippen molar-refractivity contribution in [2.75, 3.05) is 13.7 Å². The first-order chi connectivity index (χ1) is 12.0. The van der Waals surface area contributed by atoms with E-state index in [1.165, 1.54) is 7.11 Å². The normalized spacial score (nSPS) is 19.7. The number of hydrogen-bond acceptors (Lipinski definition) is 5. The molecule has 2 heterocycles. The van der Waals surface area contributed by atoms with Crippen LogP contribution in [0.3, 0.4) is 0 Å². The number of methoxy groups -OCH3 is 1. The van der Waals surface area contributed by atoms with Crippen LogP contribution in [0.1, 0.15) is 30.1 Å². The van der Waals surface area contributed by atoms with Crippen LogP contribution in [0.2, 0.25) is 0 Å². The lowest BCUT2D eigenvalue weighted by Crippen LogP contribution is -2.34. The van der Waals surface area contributed by atoms with E-state index in [4.69, 9.17) is 15.2 Å². The molecule has 0 bridgehead atoms. The highest BCUT2D eigenvalue weighted by Crippen LogP contribution is 2.31. The van der Waals surface area contributed by atoms with Crippen molar-refractivity contribution in [2.45, 2.75) is 25.8 Å². The fraction of sp³-hybridized carbons (Fsp3) is 0.389. The van der Waals surface area contributed by atoms with Crippen molar-refractivity contribution in [2.24, 2.45) is 11.7 Å². The molecule has 25 heavy (non-hydrogen) atoms. The van der Waals surface area contributed by atoms with E-state index in [0.717, 1.165) is 17.2 Å². The number of pyridine rings is 1. The maximum Gasteiger partial charge on any atom is 0.252 e. The molecule has 1 aliphatic rings. The van der Waals surface area contributed by atoms with Gasteiger partial charge < -0.3 is 20.5 Å². The zero-order valence-electron chi connectivity index (χ0n) is 14.2. The Balaban J connectivity index is 1.89. The molecule has 3 rings (SSSR count).